The van der Waals surface area contributed by atoms with Crippen LogP contribution < -0.4 is 10.1 Å². The maximum atomic E-state index is 11.9. The fraction of sp³-hybridized carbons (Fsp3) is 0.0556. The second-order valence-corrected chi connectivity index (χ2v) is 4.83. The van der Waals surface area contributed by atoms with Crippen molar-refractivity contribution in [3.05, 3.63) is 72.3 Å². The Morgan fingerprint density at radius 1 is 1.13 bits per heavy atom. The van der Waals surface area contributed by atoms with E-state index in [1.807, 2.05) is 48.5 Å². The molecule has 114 valence electrons. The van der Waals surface area contributed by atoms with Gasteiger partial charge in [0.05, 0.1) is 11.9 Å². The van der Waals surface area contributed by atoms with E-state index >= 15 is 0 Å². The lowest BCUT2D eigenvalue weighted by molar-refractivity contribution is -0.110. The number of hydrogen-bond acceptors (Lipinski definition) is 4. The molecule has 3 rings (SSSR count). The molecule has 23 heavy (non-hydrogen) atoms. The highest BCUT2D eigenvalue weighted by molar-refractivity contribution is 6.53. The zero-order valence-electron chi connectivity index (χ0n) is 12.4. The Kier molecular flexibility index (Phi) is 4.29. The maximum absolute atomic E-state index is 11.9. The fourth-order valence-electron chi connectivity index (χ4n) is 2.22. The smallest absolute Gasteiger partial charge is 0.276 e. The first kappa shape index (κ1) is 14.7. The third-order valence-corrected chi connectivity index (χ3v) is 3.28. The van der Waals surface area contributed by atoms with Gasteiger partial charge in [-0.1, -0.05) is 43.0 Å². The lowest BCUT2D eigenvalue weighted by atomic mass is 10.1. The van der Waals surface area contributed by atoms with Crippen LogP contribution in [0.2, 0.25) is 0 Å². The summed E-state index contributed by atoms with van der Waals surface area (Å²) >= 11 is 0. The van der Waals surface area contributed by atoms with Crippen LogP contribution in [0.4, 0.5) is 5.69 Å². The molecule has 0 bridgehead atoms. The Hall–Kier alpha value is -3.21. The summed E-state index contributed by atoms with van der Waals surface area (Å²) in [5.74, 6) is 0.437. The normalized spacial score (nSPS) is 14.8. The highest BCUT2D eigenvalue weighted by Gasteiger charge is 2.25. The first-order chi connectivity index (χ1) is 11.3. The van der Waals surface area contributed by atoms with Crippen molar-refractivity contribution in [2.24, 2.45) is 10.2 Å². The van der Waals surface area contributed by atoms with E-state index in [-0.39, 0.29) is 5.91 Å². The molecular weight excluding hydrogens is 290 g/mol. The van der Waals surface area contributed by atoms with E-state index in [0.717, 1.165) is 16.8 Å². The molecular formula is C18H15N3O2. The molecule has 0 aliphatic carbocycles. The van der Waals surface area contributed by atoms with E-state index in [9.17, 15) is 4.79 Å². The molecule has 5 nitrogen and oxygen atoms in total. The summed E-state index contributed by atoms with van der Waals surface area (Å²) < 4.78 is 5.55. The molecule has 1 aliphatic heterocycles. The highest BCUT2D eigenvalue weighted by Crippen LogP contribution is 2.22. The quantitative estimate of drug-likeness (QED) is 0.524. The number of fused-ring (bicyclic) bond motifs is 1. The molecule has 0 aromatic heterocycles. The monoisotopic (exact) mass is 305 g/mol. The van der Waals surface area contributed by atoms with Crippen molar-refractivity contribution in [2.75, 3.05) is 11.9 Å². The van der Waals surface area contributed by atoms with Crippen molar-refractivity contribution in [3.8, 4) is 5.75 Å². The molecule has 1 amide bonds. The Morgan fingerprint density at radius 2 is 1.91 bits per heavy atom. The van der Waals surface area contributed by atoms with Crippen molar-refractivity contribution in [1.29, 1.82) is 0 Å². The number of hydrogen-bond donors (Lipinski definition) is 1. The number of ether oxygens (including phenoxy) is 1. The second-order valence-electron chi connectivity index (χ2n) is 4.83. The summed E-state index contributed by atoms with van der Waals surface area (Å²) in [5.41, 5.74) is 2.60. The van der Waals surface area contributed by atoms with Gasteiger partial charge >= 0.3 is 0 Å². The minimum Gasteiger partial charge on any atom is -0.489 e. The Labute approximate surface area is 134 Å². The second kappa shape index (κ2) is 6.70. The molecule has 2 aromatic rings. The zero-order chi connectivity index (χ0) is 16.1. The molecule has 0 radical (unpaired) electrons. The molecule has 2 aromatic carbocycles. The van der Waals surface area contributed by atoms with Gasteiger partial charge in [0, 0.05) is 11.1 Å². The molecule has 0 unspecified atom stereocenters. The molecule has 0 atom stereocenters. The zero-order valence-corrected chi connectivity index (χ0v) is 12.4. The molecule has 0 spiro atoms. The predicted octanol–water partition coefficient (Wildman–Crippen LogP) is 3.03. The van der Waals surface area contributed by atoms with Crippen LogP contribution in [0, 0.1) is 0 Å². The van der Waals surface area contributed by atoms with E-state index in [1.54, 1.807) is 12.3 Å². The van der Waals surface area contributed by atoms with Gasteiger partial charge in [-0.3, -0.25) is 4.79 Å². The third-order valence-electron chi connectivity index (χ3n) is 3.28. The largest absolute Gasteiger partial charge is 0.489 e. The van der Waals surface area contributed by atoms with Crippen LogP contribution in [0.5, 0.6) is 5.75 Å². The van der Waals surface area contributed by atoms with Crippen molar-refractivity contribution in [2.45, 2.75) is 0 Å². The van der Waals surface area contributed by atoms with Crippen LogP contribution in [0.25, 0.3) is 0 Å². The number of nitrogens with zero attached hydrogens (tertiary/aromatic N) is 2. The van der Waals surface area contributed by atoms with Crippen molar-refractivity contribution in [1.82, 2.24) is 0 Å². The summed E-state index contributed by atoms with van der Waals surface area (Å²) in [6, 6.07) is 14.9. The summed E-state index contributed by atoms with van der Waals surface area (Å²) in [5, 5.41) is 10.9. The summed E-state index contributed by atoms with van der Waals surface area (Å²) in [4.78, 5) is 11.9. The number of amides is 1. The average Bonchev–Trinajstić information content (AvgIpc) is 2.90. The Morgan fingerprint density at radius 3 is 2.78 bits per heavy atom. The molecule has 0 fully saturated rings. The van der Waals surface area contributed by atoms with Crippen molar-refractivity contribution >= 4 is 23.5 Å². The van der Waals surface area contributed by atoms with Gasteiger partial charge in [-0.05, 0) is 18.2 Å². The molecule has 5 heteroatoms. The summed E-state index contributed by atoms with van der Waals surface area (Å²) in [7, 11) is 0. The first-order valence-corrected chi connectivity index (χ1v) is 7.14. The topological polar surface area (TPSA) is 63.1 Å². The van der Waals surface area contributed by atoms with E-state index in [4.69, 9.17) is 4.74 Å². The van der Waals surface area contributed by atoms with Gasteiger partial charge in [-0.25, -0.2) is 0 Å². The number of carbonyl (C=O) groups excluding carboxylic acids is 1. The minimum absolute atomic E-state index is 0.250. The lowest BCUT2D eigenvalue weighted by Crippen LogP contribution is -2.13. The molecule has 1 aliphatic rings. The van der Waals surface area contributed by atoms with Crippen LogP contribution in [0.3, 0.4) is 0 Å². The summed E-state index contributed by atoms with van der Waals surface area (Å²) in [6.07, 6.45) is 3.24. The number of para-hydroxylation sites is 2. The fourth-order valence-corrected chi connectivity index (χ4v) is 2.22. The van der Waals surface area contributed by atoms with Crippen LogP contribution in [-0.2, 0) is 4.79 Å². The van der Waals surface area contributed by atoms with Crippen molar-refractivity contribution in [3.63, 3.8) is 0 Å². The number of carbonyl (C=O) groups is 1. The van der Waals surface area contributed by atoms with Gasteiger partial charge in [-0.15, -0.1) is 5.10 Å². The van der Waals surface area contributed by atoms with Crippen LogP contribution in [-0.4, -0.2) is 24.4 Å². The average molecular weight is 305 g/mol. The molecule has 1 heterocycles. The van der Waals surface area contributed by atoms with E-state index in [2.05, 4.69) is 22.1 Å². The number of rotatable bonds is 5. The van der Waals surface area contributed by atoms with E-state index < -0.39 is 0 Å². The van der Waals surface area contributed by atoms with Crippen LogP contribution in [0.1, 0.15) is 11.1 Å². The molecule has 1 N–H and O–H groups in total. The Bertz CT molecular complexity index is 809. The van der Waals surface area contributed by atoms with E-state index in [0.29, 0.717) is 18.1 Å². The third kappa shape index (κ3) is 3.18. The standard InChI is InChI=1S/C18H15N3O2/c1-2-11-23-16-10-6-3-7-13(16)12-19-21-17-14-8-4-5-9-15(14)20-18(17)22/h2-10,12H,1,11H2,(H,20,21,22)/b19-12+. The molecule has 0 saturated heterocycles. The number of anilines is 1. The van der Waals surface area contributed by atoms with Gasteiger partial charge in [0.2, 0.25) is 0 Å². The summed E-state index contributed by atoms with van der Waals surface area (Å²) in [6.45, 7) is 4.04. The highest BCUT2D eigenvalue weighted by atomic mass is 16.5. The van der Waals surface area contributed by atoms with Gasteiger partial charge < -0.3 is 10.1 Å². The minimum atomic E-state index is -0.250. The predicted molar refractivity (Wildman–Crippen MR) is 91.3 cm³/mol. The van der Waals surface area contributed by atoms with Gasteiger partial charge in [0.15, 0.2) is 5.71 Å². The number of nitrogens with one attached hydrogen (secondary N) is 1. The first-order valence-electron chi connectivity index (χ1n) is 7.14. The van der Waals surface area contributed by atoms with Gasteiger partial charge in [0.25, 0.3) is 5.91 Å². The molecule has 0 saturated carbocycles. The van der Waals surface area contributed by atoms with Gasteiger partial charge in [0.1, 0.15) is 12.4 Å². The van der Waals surface area contributed by atoms with E-state index in [1.165, 1.54) is 0 Å². The van der Waals surface area contributed by atoms with Gasteiger partial charge in [-0.2, -0.15) is 5.10 Å². The lowest BCUT2D eigenvalue weighted by Gasteiger charge is -2.05. The Balaban J connectivity index is 1.84. The SMILES string of the molecule is C=CCOc1ccccc1/C=N/N=C1\C(=O)Nc2ccccc21. The number of benzene rings is 2. The van der Waals surface area contributed by atoms with Crippen LogP contribution >= 0.6 is 0 Å². The maximum Gasteiger partial charge on any atom is 0.276 e. The van der Waals surface area contributed by atoms with Crippen molar-refractivity contribution < 1.29 is 9.53 Å². The van der Waals surface area contributed by atoms with Crippen LogP contribution in [0.15, 0.2) is 71.4 Å².